The van der Waals surface area contributed by atoms with Crippen molar-refractivity contribution in [3.05, 3.63) is 11.6 Å². The molecule has 0 aromatic carbocycles. The van der Waals surface area contributed by atoms with Crippen LogP contribution < -0.4 is 10.6 Å². The maximum Gasteiger partial charge on any atom is 0.0615 e. The highest BCUT2D eigenvalue weighted by atomic mass is 16.2. The van der Waals surface area contributed by atoms with Crippen LogP contribution in [0.15, 0.2) is 11.6 Å². The van der Waals surface area contributed by atoms with Crippen LogP contribution >= 0.6 is 0 Å². The predicted molar refractivity (Wildman–Crippen MR) is 47.9 cm³/mol. The molecule has 2 fully saturated rings. The van der Waals surface area contributed by atoms with Crippen molar-refractivity contribution in [3.63, 3.8) is 0 Å². The van der Waals surface area contributed by atoms with E-state index in [-0.39, 0.29) is 6.61 Å². The molecule has 3 heteroatoms. The van der Waals surface area contributed by atoms with Gasteiger partial charge in [0.05, 0.1) is 6.61 Å². The zero-order chi connectivity index (χ0) is 8.39. The number of hydrogen-bond donors (Lipinski definition) is 3. The summed E-state index contributed by atoms with van der Waals surface area (Å²) in [7, 11) is 0. The van der Waals surface area contributed by atoms with Crippen molar-refractivity contribution in [1.82, 2.24) is 10.6 Å². The van der Waals surface area contributed by atoms with Crippen LogP contribution in [-0.2, 0) is 0 Å². The number of piperidine rings is 2. The van der Waals surface area contributed by atoms with Crippen LogP contribution in [0.4, 0.5) is 0 Å². The minimum absolute atomic E-state index is 0.197. The molecule has 2 saturated heterocycles. The molecular formula is C9H16N2O. The van der Waals surface area contributed by atoms with Crippen molar-refractivity contribution in [2.24, 2.45) is 11.8 Å². The largest absolute Gasteiger partial charge is 0.392 e. The summed E-state index contributed by atoms with van der Waals surface area (Å²) >= 11 is 0. The predicted octanol–water partition coefficient (Wildman–Crippen LogP) is -0.656. The van der Waals surface area contributed by atoms with Gasteiger partial charge in [-0.3, -0.25) is 0 Å². The van der Waals surface area contributed by atoms with E-state index < -0.39 is 0 Å². The highest BCUT2D eigenvalue weighted by Crippen LogP contribution is 2.25. The average molecular weight is 168 g/mol. The molecule has 0 amide bonds. The third kappa shape index (κ3) is 1.40. The fraction of sp³-hybridized carbons (Fsp3) is 0.778. The lowest BCUT2D eigenvalue weighted by Gasteiger charge is -2.38. The Morgan fingerprint density at radius 2 is 1.67 bits per heavy atom. The highest BCUT2D eigenvalue weighted by Gasteiger charge is 2.29. The molecule has 2 rings (SSSR count). The summed E-state index contributed by atoms with van der Waals surface area (Å²) in [6.07, 6.45) is 2.00. The van der Waals surface area contributed by atoms with Gasteiger partial charge < -0.3 is 15.7 Å². The second-order valence-corrected chi connectivity index (χ2v) is 3.60. The van der Waals surface area contributed by atoms with E-state index in [0.717, 1.165) is 26.2 Å². The van der Waals surface area contributed by atoms with Gasteiger partial charge >= 0.3 is 0 Å². The normalized spacial score (nSPS) is 34.9. The summed E-state index contributed by atoms with van der Waals surface area (Å²) in [4.78, 5) is 0. The Balaban J connectivity index is 2.13. The third-order valence-corrected chi connectivity index (χ3v) is 2.83. The zero-order valence-corrected chi connectivity index (χ0v) is 7.21. The van der Waals surface area contributed by atoms with E-state index in [2.05, 4.69) is 10.6 Å². The molecule has 0 radical (unpaired) electrons. The van der Waals surface area contributed by atoms with Gasteiger partial charge in [-0.2, -0.15) is 0 Å². The van der Waals surface area contributed by atoms with Gasteiger partial charge in [0.2, 0.25) is 0 Å². The average Bonchev–Trinajstić information content (AvgIpc) is 2.04. The summed E-state index contributed by atoms with van der Waals surface area (Å²) in [5.74, 6) is 1.23. The topological polar surface area (TPSA) is 44.3 Å². The van der Waals surface area contributed by atoms with Crippen LogP contribution in [0.2, 0.25) is 0 Å². The molecule has 0 aromatic rings. The van der Waals surface area contributed by atoms with E-state index in [9.17, 15) is 0 Å². The van der Waals surface area contributed by atoms with Crippen molar-refractivity contribution < 1.29 is 5.11 Å². The zero-order valence-electron chi connectivity index (χ0n) is 7.21. The van der Waals surface area contributed by atoms with Crippen molar-refractivity contribution in [3.8, 4) is 0 Å². The van der Waals surface area contributed by atoms with Gasteiger partial charge in [-0.05, 0) is 0 Å². The molecule has 3 nitrogen and oxygen atoms in total. The lowest BCUT2D eigenvalue weighted by atomic mass is 9.81. The first-order valence-electron chi connectivity index (χ1n) is 4.64. The molecule has 2 aliphatic rings. The molecule has 0 spiro atoms. The molecule has 3 N–H and O–H groups in total. The SMILES string of the molecule is OCC=C1C2CNCC1CNC2. The minimum atomic E-state index is 0.197. The van der Waals surface area contributed by atoms with Crippen LogP contribution in [-0.4, -0.2) is 37.9 Å². The van der Waals surface area contributed by atoms with E-state index >= 15 is 0 Å². The highest BCUT2D eigenvalue weighted by molar-refractivity contribution is 5.18. The Kier molecular flexibility index (Phi) is 2.44. The molecule has 2 aliphatic heterocycles. The van der Waals surface area contributed by atoms with Gasteiger partial charge in [-0.15, -0.1) is 0 Å². The van der Waals surface area contributed by atoms with Crippen molar-refractivity contribution >= 4 is 0 Å². The van der Waals surface area contributed by atoms with Crippen LogP contribution in [0.3, 0.4) is 0 Å². The number of nitrogens with one attached hydrogen (secondary N) is 2. The molecule has 0 unspecified atom stereocenters. The molecule has 2 bridgehead atoms. The number of fused-ring (bicyclic) bond motifs is 2. The second-order valence-electron chi connectivity index (χ2n) is 3.60. The first kappa shape index (κ1) is 8.23. The Bertz CT molecular complexity index is 167. The lowest BCUT2D eigenvalue weighted by Crippen LogP contribution is -2.50. The molecular weight excluding hydrogens is 152 g/mol. The third-order valence-electron chi connectivity index (χ3n) is 2.83. The Labute approximate surface area is 72.9 Å². The number of rotatable bonds is 1. The standard InChI is InChI=1S/C9H16N2O/c12-2-1-9-7-3-10-5-8(9)6-11-4-7/h1,7-8,10-12H,2-6H2. The number of aliphatic hydroxyl groups is 1. The van der Waals surface area contributed by atoms with Crippen LogP contribution in [0, 0.1) is 11.8 Å². The second kappa shape index (κ2) is 3.56. The minimum Gasteiger partial charge on any atom is -0.392 e. The molecule has 2 heterocycles. The maximum atomic E-state index is 8.86. The van der Waals surface area contributed by atoms with Crippen molar-refractivity contribution in [2.45, 2.75) is 0 Å². The Hall–Kier alpha value is -0.380. The smallest absolute Gasteiger partial charge is 0.0615 e. The fourth-order valence-electron chi connectivity index (χ4n) is 2.25. The Morgan fingerprint density at radius 3 is 2.08 bits per heavy atom. The first-order chi connectivity index (χ1) is 5.92. The molecule has 0 saturated carbocycles. The molecule has 0 atom stereocenters. The van der Waals surface area contributed by atoms with Gasteiger partial charge in [0.15, 0.2) is 0 Å². The monoisotopic (exact) mass is 168 g/mol. The lowest BCUT2D eigenvalue weighted by molar-refractivity contribution is 0.298. The van der Waals surface area contributed by atoms with E-state index in [1.165, 1.54) is 5.57 Å². The Morgan fingerprint density at radius 1 is 1.17 bits per heavy atom. The molecule has 12 heavy (non-hydrogen) atoms. The number of aliphatic hydroxyl groups excluding tert-OH is 1. The summed E-state index contributed by atoms with van der Waals surface area (Å²) in [5, 5.41) is 15.7. The molecule has 0 aliphatic carbocycles. The van der Waals surface area contributed by atoms with Gasteiger partial charge in [0.25, 0.3) is 0 Å². The number of hydrogen-bond acceptors (Lipinski definition) is 3. The van der Waals surface area contributed by atoms with Crippen molar-refractivity contribution in [1.29, 1.82) is 0 Å². The molecule has 0 aromatic heterocycles. The van der Waals surface area contributed by atoms with E-state index in [0.29, 0.717) is 11.8 Å². The summed E-state index contributed by atoms with van der Waals surface area (Å²) in [5.41, 5.74) is 1.47. The van der Waals surface area contributed by atoms with E-state index in [1.54, 1.807) is 0 Å². The summed E-state index contributed by atoms with van der Waals surface area (Å²) in [6, 6.07) is 0. The van der Waals surface area contributed by atoms with Crippen LogP contribution in [0.25, 0.3) is 0 Å². The van der Waals surface area contributed by atoms with Crippen LogP contribution in [0.5, 0.6) is 0 Å². The van der Waals surface area contributed by atoms with Gasteiger partial charge in [-0.1, -0.05) is 11.6 Å². The van der Waals surface area contributed by atoms with E-state index in [1.807, 2.05) is 6.08 Å². The van der Waals surface area contributed by atoms with Crippen molar-refractivity contribution in [2.75, 3.05) is 32.8 Å². The van der Waals surface area contributed by atoms with Gasteiger partial charge in [0.1, 0.15) is 0 Å². The quantitative estimate of drug-likeness (QED) is 0.456. The maximum absolute atomic E-state index is 8.86. The van der Waals surface area contributed by atoms with Gasteiger partial charge in [-0.25, -0.2) is 0 Å². The summed E-state index contributed by atoms with van der Waals surface area (Å²) in [6.45, 7) is 4.46. The fourth-order valence-corrected chi connectivity index (χ4v) is 2.25. The van der Waals surface area contributed by atoms with E-state index in [4.69, 9.17) is 5.11 Å². The molecule has 68 valence electrons. The summed E-state index contributed by atoms with van der Waals surface area (Å²) < 4.78 is 0. The van der Waals surface area contributed by atoms with Crippen LogP contribution in [0.1, 0.15) is 0 Å². The first-order valence-corrected chi connectivity index (χ1v) is 4.64. The van der Waals surface area contributed by atoms with Gasteiger partial charge in [0, 0.05) is 38.0 Å².